The van der Waals surface area contributed by atoms with Crippen LogP contribution in [0.1, 0.15) is 95.9 Å². The van der Waals surface area contributed by atoms with E-state index in [4.69, 9.17) is 18.9 Å². The molecule has 0 atom stereocenters. The molecule has 19 rings (SSSR count). The van der Waals surface area contributed by atoms with E-state index in [2.05, 4.69) is 494 Å². The molecule has 0 spiro atoms. The summed E-state index contributed by atoms with van der Waals surface area (Å²) in [6, 6.07) is 167. The third-order valence-electron chi connectivity index (χ3n) is 26.0. The molecular formula is C130H114N4O4. The average molecular weight is 1800 g/mol. The van der Waals surface area contributed by atoms with E-state index >= 15 is 0 Å². The lowest BCUT2D eigenvalue weighted by Crippen LogP contribution is -2.11. The van der Waals surface area contributed by atoms with E-state index in [-0.39, 0.29) is 0 Å². The number of anilines is 12. The van der Waals surface area contributed by atoms with Crippen LogP contribution in [0.25, 0.3) is 90.1 Å². The third kappa shape index (κ3) is 22.9. The number of rotatable bonds is 40. The van der Waals surface area contributed by atoms with Gasteiger partial charge in [-0.1, -0.05) is 341 Å². The van der Waals surface area contributed by atoms with Crippen molar-refractivity contribution in [1.82, 2.24) is 0 Å². The summed E-state index contributed by atoms with van der Waals surface area (Å²) in [4.78, 5) is 9.41. The molecule has 138 heavy (non-hydrogen) atoms. The van der Waals surface area contributed by atoms with Crippen molar-refractivity contribution in [2.45, 2.75) is 77.8 Å². The van der Waals surface area contributed by atoms with Crippen LogP contribution in [-0.2, 0) is 45.4 Å². The molecule has 0 aromatic heterocycles. The average Bonchev–Trinajstić information content (AvgIpc) is 0.804. The molecular weight excluding hydrogens is 1680 g/mol. The number of para-hydroxylation sites is 4. The monoisotopic (exact) mass is 1790 g/mol. The van der Waals surface area contributed by atoms with Crippen LogP contribution in [0.3, 0.4) is 0 Å². The lowest BCUT2D eigenvalue weighted by atomic mass is 9.83. The van der Waals surface area contributed by atoms with Gasteiger partial charge in [0.2, 0.25) is 0 Å². The minimum atomic E-state index is 0.568. The minimum absolute atomic E-state index is 0.568. The molecule has 0 N–H and O–H groups in total. The highest BCUT2D eigenvalue weighted by molar-refractivity contribution is 5.95. The van der Waals surface area contributed by atoms with Crippen LogP contribution in [0.4, 0.5) is 68.2 Å². The van der Waals surface area contributed by atoms with Gasteiger partial charge in [-0.3, -0.25) is 0 Å². The Labute approximate surface area is 814 Å². The maximum Gasteiger partial charge on any atom is 0.0716 e. The fraction of sp³-hybridized carbons (Fsp3) is 0.123. The van der Waals surface area contributed by atoms with Crippen LogP contribution in [0, 0.1) is 0 Å². The minimum Gasteiger partial charge on any atom is -0.377 e. The van der Waals surface area contributed by atoms with Crippen LogP contribution in [0.5, 0.6) is 0 Å². The molecule has 0 bridgehead atoms. The Balaban J connectivity index is 0.480. The summed E-state index contributed by atoms with van der Waals surface area (Å²) < 4.78 is 24.1. The Bertz CT molecular complexity index is 6560. The van der Waals surface area contributed by atoms with E-state index < -0.39 is 0 Å². The van der Waals surface area contributed by atoms with E-state index in [1.807, 2.05) is 12.2 Å². The number of ether oxygens (including phenoxy) is 4. The molecule has 1 aliphatic rings. The van der Waals surface area contributed by atoms with Gasteiger partial charge in [0.15, 0.2) is 0 Å². The summed E-state index contributed by atoms with van der Waals surface area (Å²) in [7, 11) is 0. The van der Waals surface area contributed by atoms with Gasteiger partial charge in [0, 0.05) is 94.7 Å². The molecule has 0 heterocycles. The van der Waals surface area contributed by atoms with Crippen LogP contribution in [0.2, 0.25) is 0 Å². The molecule has 0 unspecified atom stereocenters. The predicted octanol–water partition coefficient (Wildman–Crippen LogP) is 35.4. The van der Waals surface area contributed by atoms with Gasteiger partial charge in [-0.25, -0.2) is 0 Å². The van der Waals surface area contributed by atoms with Gasteiger partial charge in [-0.2, -0.15) is 0 Å². The second-order valence-electron chi connectivity index (χ2n) is 35.3. The van der Waals surface area contributed by atoms with Crippen molar-refractivity contribution in [2.24, 2.45) is 0 Å². The second kappa shape index (κ2) is 45.5. The first-order valence-corrected chi connectivity index (χ1v) is 48.4. The molecule has 8 heteroatoms. The molecule has 18 aromatic carbocycles. The lowest BCUT2D eigenvalue weighted by Gasteiger charge is -2.28. The van der Waals surface area contributed by atoms with Crippen LogP contribution in [-0.4, -0.2) is 26.4 Å². The number of hydrogen-bond acceptors (Lipinski definition) is 8. The van der Waals surface area contributed by atoms with Gasteiger partial charge < -0.3 is 38.5 Å². The zero-order valence-corrected chi connectivity index (χ0v) is 78.2. The molecule has 18 aromatic rings. The Hall–Kier alpha value is -15.8. The zero-order chi connectivity index (χ0) is 93.2. The first-order chi connectivity index (χ1) is 68.3. The van der Waals surface area contributed by atoms with Crippen molar-refractivity contribution < 1.29 is 18.9 Å². The second-order valence-corrected chi connectivity index (χ2v) is 35.3. The molecule has 0 aliphatic heterocycles. The highest BCUT2D eigenvalue weighted by atomic mass is 16.5. The van der Waals surface area contributed by atoms with E-state index in [0.717, 1.165) is 164 Å². The van der Waals surface area contributed by atoms with Crippen LogP contribution in [0.15, 0.2) is 474 Å². The highest BCUT2D eigenvalue weighted by Crippen LogP contribution is 2.46. The van der Waals surface area contributed by atoms with Crippen molar-refractivity contribution in [2.75, 3.05) is 46.0 Å². The smallest absolute Gasteiger partial charge is 0.0716 e. The molecule has 0 fully saturated rings. The fourth-order valence-electron chi connectivity index (χ4n) is 18.5. The van der Waals surface area contributed by atoms with E-state index in [1.165, 1.54) is 77.9 Å². The van der Waals surface area contributed by atoms with Crippen molar-refractivity contribution in [3.05, 3.63) is 519 Å². The number of benzene rings is 18. The van der Waals surface area contributed by atoms with Gasteiger partial charge in [0.25, 0.3) is 0 Å². The summed E-state index contributed by atoms with van der Waals surface area (Å²) in [6.45, 7) is 12.9. The summed E-state index contributed by atoms with van der Waals surface area (Å²) in [5.74, 6) is 0. The quantitative estimate of drug-likeness (QED) is 0.0352. The summed E-state index contributed by atoms with van der Waals surface area (Å²) >= 11 is 0. The van der Waals surface area contributed by atoms with Crippen molar-refractivity contribution in [3.63, 3.8) is 0 Å². The number of allylic oxidation sites excluding steroid dienone is 2. The molecule has 8 nitrogen and oxygen atoms in total. The molecule has 0 saturated heterocycles. The maximum atomic E-state index is 6.11. The first kappa shape index (κ1) is 91.3. The largest absolute Gasteiger partial charge is 0.377 e. The summed E-state index contributed by atoms with van der Waals surface area (Å²) in [6.07, 6.45) is 11.8. The topological polar surface area (TPSA) is 49.9 Å². The van der Waals surface area contributed by atoms with Crippen molar-refractivity contribution in [3.8, 4) is 66.8 Å². The maximum absolute atomic E-state index is 6.11. The predicted molar refractivity (Wildman–Crippen MR) is 580 cm³/mol. The van der Waals surface area contributed by atoms with Gasteiger partial charge in [-0.15, -0.1) is 0 Å². The molecule has 0 saturated carbocycles. The Morgan fingerprint density at radius 3 is 0.580 bits per heavy atom. The Morgan fingerprint density at radius 2 is 0.362 bits per heavy atom. The standard InChI is InChI=1S/C130H114N4O4/c1-3-97-39-43-99(44-40-97)93-135-87-19-21-89-137-95-101-47-75-121(76-48-101)131(117-27-9-5-10-28-117)123-79-67-111(68-80-123)107-59-51-103(52-60-107)105-55-63-109(64-56-105)113-71-83-125(84-72-113)133(119-31-13-7-14-32-119)127-35-23-25-115(91-127)129-37-17-18-38-130(129)116-26-24-36-128(92-116)134(120-33-15-8-16-34-120)126-85-73-114(74-86-126)110-65-57-106(58-66-110)104-53-61-108(62-54-104)112-69-81-124(82-70-112)132(118-29-11-6-12-30-118)122-77-49-102(50-78-122)96-138-90-22-20-88-136-94-100-45-41-98(4-2)42-46-100/h3-16,23-36,39-86,91-92H,1-2,17-22,37-38,87-90,93-96H2. The van der Waals surface area contributed by atoms with Crippen LogP contribution < -0.4 is 19.6 Å². The van der Waals surface area contributed by atoms with E-state index in [0.29, 0.717) is 52.9 Å². The van der Waals surface area contributed by atoms with E-state index in [9.17, 15) is 0 Å². The molecule has 678 valence electrons. The summed E-state index contributed by atoms with van der Waals surface area (Å²) in [5.41, 5.74) is 39.4. The highest BCUT2D eigenvalue weighted by Gasteiger charge is 2.24. The van der Waals surface area contributed by atoms with Crippen LogP contribution >= 0.6 is 0 Å². The number of nitrogens with zero attached hydrogens (tertiary/aromatic N) is 4. The Kier molecular flexibility index (Phi) is 30.1. The Morgan fingerprint density at radius 1 is 0.181 bits per heavy atom. The number of hydrogen-bond donors (Lipinski definition) is 0. The molecule has 1 aliphatic carbocycles. The fourth-order valence-corrected chi connectivity index (χ4v) is 18.5. The summed E-state index contributed by atoms with van der Waals surface area (Å²) in [5, 5.41) is 0. The third-order valence-corrected chi connectivity index (χ3v) is 26.0. The normalized spacial score (nSPS) is 11.9. The molecule has 0 radical (unpaired) electrons. The van der Waals surface area contributed by atoms with Crippen molar-refractivity contribution >= 4 is 91.5 Å². The SMILES string of the molecule is C=Cc1ccc(COCCCCOCc2ccc(N(c3ccccc3)c3ccc(-c4ccc(-c5ccc(-c6ccc(N(c7ccccc7)c7cccc(C8=C(c9cccc(N(c%10ccccc%10)c%10ccc(-c%11ccc(-c%12ccc(-c%13ccc(N(c%14ccccc%14)c%14ccc(COCCCCOCc%15ccc(C=C)cc%15)cc%14)cc%13)cc%12)cc%11)cc%10)c9)CCCC8)c7)cc6)cc5)cc4)cc3)cc2)cc1. The van der Waals surface area contributed by atoms with E-state index in [1.54, 1.807) is 0 Å². The first-order valence-electron chi connectivity index (χ1n) is 48.4. The lowest BCUT2D eigenvalue weighted by molar-refractivity contribution is 0.0898. The van der Waals surface area contributed by atoms with Crippen molar-refractivity contribution in [1.29, 1.82) is 0 Å². The van der Waals surface area contributed by atoms with Gasteiger partial charge in [-0.05, 0) is 319 Å². The van der Waals surface area contributed by atoms with Gasteiger partial charge in [0.05, 0.1) is 26.4 Å². The number of unbranched alkanes of at least 4 members (excludes halogenated alkanes) is 2. The van der Waals surface area contributed by atoms with Gasteiger partial charge >= 0.3 is 0 Å². The molecule has 0 amide bonds. The van der Waals surface area contributed by atoms with Gasteiger partial charge in [0.1, 0.15) is 0 Å². The zero-order valence-electron chi connectivity index (χ0n) is 78.2.